The molecule has 7 nitrogen and oxygen atoms in total. The molecule has 27 heavy (non-hydrogen) atoms. The standard InChI is InChI=1S/C20H22N4O3/c1-26-16-8-14-15(9-17(16)27-2)22-19(23-18(14)21)24-10-20(11-24,12-25)13-6-4-3-5-7-13/h3-9,25H,10-12H2,1-2H3,(H2,21,22,23). The number of fused-ring (bicyclic) bond motifs is 1. The molecular formula is C20H22N4O3. The second-order valence-electron chi connectivity index (χ2n) is 6.79. The summed E-state index contributed by atoms with van der Waals surface area (Å²) in [5.41, 5.74) is 7.68. The van der Waals surface area contributed by atoms with Gasteiger partial charge in [-0.15, -0.1) is 0 Å². The van der Waals surface area contributed by atoms with Crippen molar-refractivity contribution in [2.75, 3.05) is 44.5 Å². The molecule has 0 saturated carbocycles. The van der Waals surface area contributed by atoms with E-state index in [1.807, 2.05) is 35.2 Å². The van der Waals surface area contributed by atoms with E-state index in [2.05, 4.69) is 9.97 Å². The quantitative estimate of drug-likeness (QED) is 0.713. The molecule has 2 aromatic carbocycles. The smallest absolute Gasteiger partial charge is 0.227 e. The molecule has 1 aliphatic heterocycles. The molecule has 2 heterocycles. The van der Waals surface area contributed by atoms with E-state index in [-0.39, 0.29) is 12.0 Å². The van der Waals surface area contributed by atoms with E-state index in [0.29, 0.717) is 47.3 Å². The van der Waals surface area contributed by atoms with Crippen LogP contribution in [0.15, 0.2) is 42.5 Å². The van der Waals surface area contributed by atoms with Crippen LogP contribution < -0.4 is 20.1 Å². The van der Waals surface area contributed by atoms with E-state index < -0.39 is 0 Å². The Kier molecular flexibility index (Phi) is 4.24. The molecular weight excluding hydrogens is 344 g/mol. The number of nitrogen functional groups attached to an aromatic ring is 1. The van der Waals surface area contributed by atoms with Crippen molar-refractivity contribution in [1.82, 2.24) is 9.97 Å². The number of hydrogen-bond donors (Lipinski definition) is 2. The van der Waals surface area contributed by atoms with Crippen molar-refractivity contribution in [3.63, 3.8) is 0 Å². The number of hydrogen-bond acceptors (Lipinski definition) is 7. The van der Waals surface area contributed by atoms with Crippen molar-refractivity contribution >= 4 is 22.7 Å². The molecule has 0 spiro atoms. The largest absolute Gasteiger partial charge is 0.493 e. The molecule has 0 unspecified atom stereocenters. The van der Waals surface area contributed by atoms with Gasteiger partial charge in [0.15, 0.2) is 11.5 Å². The Bertz CT molecular complexity index is 972. The van der Waals surface area contributed by atoms with Crippen LogP contribution in [0.3, 0.4) is 0 Å². The van der Waals surface area contributed by atoms with Gasteiger partial charge in [0.1, 0.15) is 5.82 Å². The van der Waals surface area contributed by atoms with E-state index in [4.69, 9.17) is 15.2 Å². The highest BCUT2D eigenvalue weighted by molar-refractivity contribution is 5.91. The lowest BCUT2D eigenvalue weighted by atomic mass is 9.74. The van der Waals surface area contributed by atoms with Gasteiger partial charge in [0.2, 0.25) is 5.95 Å². The first-order chi connectivity index (χ1) is 13.1. The van der Waals surface area contributed by atoms with Crippen LogP contribution >= 0.6 is 0 Å². The molecule has 1 fully saturated rings. The van der Waals surface area contributed by atoms with Gasteiger partial charge in [-0.25, -0.2) is 4.98 Å². The average molecular weight is 366 g/mol. The van der Waals surface area contributed by atoms with Gasteiger partial charge in [-0.2, -0.15) is 4.98 Å². The van der Waals surface area contributed by atoms with Crippen LogP contribution in [0.5, 0.6) is 11.5 Å². The number of aromatic nitrogens is 2. The molecule has 0 radical (unpaired) electrons. The Balaban J connectivity index is 1.67. The lowest BCUT2D eigenvalue weighted by Crippen LogP contribution is -2.62. The Morgan fingerprint density at radius 1 is 1.07 bits per heavy atom. The second-order valence-corrected chi connectivity index (χ2v) is 6.79. The molecule has 3 N–H and O–H groups in total. The van der Waals surface area contributed by atoms with Crippen LogP contribution in [0.4, 0.5) is 11.8 Å². The SMILES string of the molecule is COc1cc2nc(N3CC(CO)(c4ccccc4)C3)nc(N)c2cc1OC. The molecule has 4 rings (SSSR count). The summed E-state index contributed by atoms with van der Waals surface area (Å²) >= 11 is 0. The summed E-state index contributed by atoms with van der Waals surface area (Å²) in [5, 5.41) is 10.7. The Labute approximate surface area is 157 Å². The lowest BCUT2D eigenvalue weighted by Gasteiger charge is -2.49. The number of aliphatic hydroxyl groups excluding tert-OH is 1. The molecule has 0 amide bonds. The zero-order valence-electron chi connectivity index (χ0n) is 15.3. The maximum atomic E-state index is 9.98. The molecule has 140 valence electrons. The van der Waals surface area contributed by atoms with Crippen molar-refractivity contribution in [2.24, 2.45) is 0 Å². The first kappa shape index (κ1) is 17.4. The second kappa shape index (κ2) is 6.59. The fraction of sp³-hybridized carbons (Fsp3) is 0.300. The summed E-state index contributed by atoms with van der Waals surface area (Å²) in [5.74, 6) is 2.11. The third kappa shape index (κ3) is 2.80. The fourth-order valence-corrected chi connectivity index (χ4v) is 3.60. The predicted molar refractivity (Wildman–Crippen MR) is 104 cm³/mol. The van der Waals surface area contributed by atoms with Crippen LogP contribution in [0.1, 0.15) is 5.56 Å². The molecule has 1 aromatic heterocycles. The average Bonchev–Trinajstić information content (AvgIpc) is 2.67. The van der Waals surface area contributed by atoms with E-state index in [9.17, 15) is 5.11 Å². The van der Waals surface area contributed by atoms with Crippen LogP contribution in [0, 0.1) is 0 Å². The summed E-state index contributed by atoms with van der Waals surface area (Å²) in [6.45, 7) is 1.33. The fourth-order valence-electron chi connectivity index (χ4n) is 3.60. The monoisotopic (exact) mass is 366 g/mol. The summed E-state index contributed by atoms with van der Waals surface area (Å²) in [6.07, 6.45) is 0. The van der Waals surface area contributed by atoms with E-state index >= 15 is 0 Å². The molecule has 1 saturated heterocycles. The number of nitrogens with two attached hydrogens (primary N) is 1. The predicted octanol–water partition coefficient (Wildman–Crippen LogP) is 1.98. The number of benzene rings is 2. The highest BCUT2D eigenvalue weighted by Crippen LogP contribution is 2.38. The van der Waals surface area contributed by atoms with Gasteiger partial charge in [-0.1, -0.05) is 30.3 Å². The summed E-state index contributed by atoms with van der Waals surface area (Å²) in [4.78, 5) is 11.1. The van der Waals surface area contributed by atoms with Crippen LogP contribution in [-0.2, 0) is 5.41 Å². The van der Waals surface area contributed by atoms with Crippen LogP contribution in [0.25, 0.3) is 10.9 Å². The first-order valence-corrected chi connectivity index (χ1v) is 8.71. The minimum atomic E-state index is -0.300. The van der Waals surface area contributed by atoms with E-state index in [1.54, 1.807) is 26.4 Å². The molecule has 0 atom stereocenters. The Hall–Kier alpha value is -3.06. The number of anilines is 2. The van der Waals surface area contributed by atoms with Gasteiger partial charge in [-0.3, -0.25) is 0 Å². The molecule has 3 aromatic rings. The maximum absolute atomic E-state index is 9.98. The molecule has 7 heteroatoms. The lowest BCUT2D eigenvalue weighted by molar-refractivity contribution is 0.161. The van der Waals surface area contributed by atoms with Gasteiger partial charge >= 0.3 is 0 Å². The van der Waals surface area contributed by atoms with Crippen molar-refractivity contribution in [3.8, 4) is 11.5 Å². The highest BCUT2D eigenvalue weighted by Gasteiger charge is 2.45. The summed E-state index contributed by atoms with van der Waals surface area (Å²) in [6, 6.07) is 13.6. The number of methoxy groups -OCH3 is 2. The Morgan fingerprint density at radius 3 is 2.37 bits per heavy atom. The third-order valence-corrected chi connectivity index (χ3v) is 5.18. The number of aliphatic hydroxyl groups is 1. The minimum absolute atomic E-state index is 0.0710. The summed E-state index contributed by atoms with van der Waals surface area (Å²) in [7, 11) is 3.16. The van der Waals surface area contributed by atoms with Gasteiger partial charge in [-0.05, 0) is 11.6 Å². The van der Waals surface area contributed by atoms with E-state index in [1.165, 1.54) is 0 Å². The zero-order chi connectivity index (χ0) is 19.0. The topological polar surface area (TPSA) is 93.7 Å². The first-order valence-electron chi connectivity index (χ1n) is 8.71. The Morgan fingerprint density at radius 2 is 1.74 bits per heavy atom. The van der Waals surface area contributed by atoms with Gasteiger partial charge < -0.3 is 25.2 Å². The van der Waals surface area contributed by atoms with Crippen molar-refractivity contribution < 1.29 is 14.6 Å². The van der Waals surface area contributed by atoms with Crippen molar-refractivity contribution in [3.05, 3.63) is 48.0 Å². The van der Waals surface area contributed by atoms with Gasteiger partial charge in [0.05, 0.1) is 31.8 Å². The van der Waals surface area contributed by atoms with Crippen molar-refractivity contribution in [2.45, 2.75) is 5.41 Å². The minimum Gasteiger partial charge on any atom is -0.493 e. The number of nitrogens with zero attached hydrogens (tertiary/aromatic N) is 3. The van der Waals surface area contributed by atoms with Crippen molar-refractivity contribution in [1.29, 1.82) is 0 Å². The summed E-state index contributed by atoms with van der Waals surface area (Å²) < 4.78 is 10.7. The number of ether oxygens (including phenoxy) is 2. The normalized spacial score (nSPS) is 15.4. The van der Waals surface area contributed by atoms with E-state index in [0.717, 1.165) is 5.56 Å². The highest BCUT2D eigenvalue weighted by atomic mass is 16.5. The van der Waals surface area contributed by atoms with Crippen LogP contribution in [-0.4, -0.2) is 49.0 Å². The van der Waals surface area contributed by atoms with Gasteiger partial charge in [0, 0.05) is 24.5 Å². The third-order valence-electron chi connectivity index (χ3n) is 5.18. The van der Waals surface area contributed by atoms with Crippen LogP contribution in [0.2, 0.25) is 0 Å². The molecule has 1 aliphatic rings. The number of rotatable bonds is 5. The maximum Gasteiger partial charge on any atom is 0.227 e. The molecule has 0 aliphatic carbocycles. The molecule has 0 bridgehead atoms. The zero-order valence-corrected chi connectivity index (χ0v) is 15.3. The van der Waals surface area contributed by atoms with Gasteiger partial charge in [0.25, 0.3) is 0 Å².